The van der Waals surface area contributed by atoms with Gasteiger partial charge in [0.25, 0.3) is 5.91 Å². The number of benzene rings is 2. The number of amides is 1. The van der Waals surface area contributed by atoms with Crippen LogP contribution in [0.1, 0.15) is 17.4 Å². The van der Waals surface area contributed by atoms with E-state index in [1.807, 2.05) is 54.1 Å². The number of hydrogen-bond acceptors (Lipinski definition) is 9. The molecule has 2 aromatic heterocycles. The summed E-state index contributed by atoms with van der Waals surface area (Å²) in [6.07, 6.45) is 1.09. The summed E-state index contributed by atoms with van der Waals surface area (Å²) in [6, 6.07) is 13.6. The third kappa shape index (κ3) is 5.18. The van der Waals surface area contributed by atoms with Gasteiger partial charge in [0.15, 0.2) is 17.3 Å². The minimum absolute atomic E-state index is 0.00258. The van der Waals surface area contributed by atoms with Crippen LogP contribution in [0, 0.1) is 0 Å². The monoisotopic (exact) mass is 502 g/mol. The van der Waals surface area contributed by atoms with Crippen LogP contribution in [-0.4, -0.2) is 69.5 Å². The lowest BCUT2D eigenvalue weighted by molar-refractivity contribution is 0.0996. The number of aromatic nitrogens is 4. The number of hydrogen-bond donors (Lipinski definition) is 4. The Morgan fingerprint density at radius 3 is 2.59 bits per heavy atom. The number of fused-ring (bicyclic) bond motifs is 1. The summed E-state index contributed by atoms with van der Waals surface area (Å²) in [5.74, 6) is -0.0930. The molecule has 0 spiro atoms. The number of rotatable bonds is 8. The summed E-state index contributed by atoms with van der Waals surface area (Å²) < 4.78 is 7.34. The van der Waals surface area contributed by atoms with E-state index in [1.54, 1.807) is 13.3 Å². The number of carbonyl (C=O) groups excluding carboxylic acids is 1. The zero-order chi connectivity index (χ0) is 25.9. The molecule has 2 aromatic carbocycles. The number of aryl methyl sites for hydroxylation is 1. The molecule has 37 heavy (non-hydrogen) atoms. The molecule has 11 heteroatoms. The van der Waals surface area contributed by atoms with Gasteiger partial charge in [-0.25, -0.2) is 15.0 Å². The number of nitrogens with one attached hydrogen (secondary N) is 2. The summed E-state index contributed by atoms with van der Waals surface area (Å²) in [4.78, 5) is 28.6. The summed E-state index contributed by atoms with van der Waals surface area (Å²) >= 11 is 0. The Hall–Kier alpha value is -4.22. The fourth-order valence-corrected chi connectivity index (χ4v) is 4.31. The molecule has 1 aliphatic rings. The molecule has 4 aromatic rings. The lowest BCUT2D eigenvalue weighted by Crippen LogP contribution is -2.36. The molecule has 3 heterocycles. The van der Waals surface area contributed by atoms with Gasteiger partial charge in [-0.05, 0) is 37.3 Å². The van der Waals surface area contributed by atoms with Crippen LogP contribution < -0.4 is 21.3 Å². The average Bonchev–Trinajstić information content (AvgIpc) is 3.29. The van der Waals surface area contributed by atoms with Crippen molar-refractivity contribution in [3.63, 3.8) is 0 Å². The van der Waals surface area contributed by atoms with Gasteiger partial charge in [0.1, 0.15) is 5.69 Å². The van der Waals surface area contributed by atoms with Crippen LogP contribution in [-0.2, 0) is 11.8 Å². The molecule has 5 rings (SSSR count). The lowest BCUT2D eigenvalue weighted by atomic mass is 10.1. The van der Waals surface area contributed by atoms with E-state index >= 15 is 0 Å². The molecule has 11 nitrogen and oxygen atoms in total. The van der Waals surface area contributed by atoms with Crippen molar-refractivity contribution in [2.45, 2.75) is 13.0 Å². The summed E-state index contributed by atoms with van der Waals surface area (Å²) in [7, 11) is 1.91. The van der Waals surface area contributed by atoms with Crippen molar-refractivity contribution < 1.29 is 14.6 Å². The lowest BCUT2D eigenvalue weighted by Gasteiger charge is -2.29. The van der Waals surface area contributed by atoms with E-state index in [9.17, 15) is 9.90 Å². The Morgan fingerprint density at radius 1 is 1.14 bits per heavy atom. The van der Waals surface area contributed by atoms with Crippen LogP contribution in [0.3, 0.4) is 0 Å². The zero-order valence-electron chi connectivity index (χ0n) is 20.8. The Balaban J connectivity index is 1.54. The first-order valence-electron chi connectivity index (χ1n) is 12.1. The van der Waals surface area contributed by atoms with E-state index in [4.69, 9.17) is 15.5 Å². The first kappa shape index (κ1) is 24.5. The molecule has 1 unspecified atom stereocenters. The van der Waals surface area contributed by atoms with Crippen LogP contribution in [0.2, 0.25) is 0 Å². The highest BCUT2D eigenvalue weighted by Gasteiger charge is 2.22. The molecule has 1 saturated heterocycles. The molecule has 0 bridgehead atoms. The molecule has 0 radical (unpaired) electrons. The number of aliphatic hydroxyl groups excluding tert-OH is 1. The number of para-hydroxylation sites is 1. The molecule has 1 fully saturated rings. The minimum atomic E-state index is -0.712. The maximum Gasteiger partial charge on any atom is 0.271 e. The van der Waals surface area contributed by atoms with Crippen molar-refractivity contribution in [3.05, 3.63) is 54.5 Å². The maximum absolute atomic E-state index is 12.5. The van der Waals surface area contributed by atoms with Gasteiger partial charge < -0.3 is 35.7 Å². The molecule has 0 aliphatic carbocycles. The van der Waals surface area contributed by atoms with Crippen LogP contribution in [0.15, 0.2) is 48.8 Å². The van der Waals surface area contributed by atoms with E-state index in [1.165, 1.54) is 0 Å². The quantitative estimate of drug-likeness (QED) is 0.286. The van der Waals surface area contributed by atoms with E-state index in [2.05, 4.69) is 25.5 Å². The molecule has 1 amide bonds. The van der Waals surface area contributed by atoms with Gasteiger partial charge >= 0.3 is 0 Å². The first-order chi connectivity index (χ1) is 17.9. The Morgan fingerprint density at radius 2 is 1.89 bits per heavy atom. The van der Waals surface area contributed by atoms with Gasteiger partial charge in [0, 0.05) is 43.6 Å². The van der Waals surface area contributed by atoms with E-state index < -0.39 is 12.0 Å². The zero-order valence-corrected chi connectivity index (χ0v) is 20.8. The van der Waals surface area contributed by atoms with Crippen molar-refractivity contribution in [2.24, 2.45) is 12.8 Å². The fraction of sp³-hybridized carbons (Fsp3) is 0.308. The number of imidazole rings is 1. The second-order valence-electron chi connectivity index (χ2n) is 9.01. The number of primary amides is 1. The number of morpholine rings is 1. The number of ether oxygens (including phenoxy) is 1. The van der Waals surface area contributed by atoms with Crippen LogP contribution in [0.5, 0.6) is 0 Å². The van der Waals surface area contributed by atoms with Crippen molar-refractivity contribution in [3.8, 4) is 11.3 Å². The Kier molecular flexibility index (Phi) is 6.89. The SMILES string of the molecule is CC(O)CNc1nc(Nc2ccc(N3CCOCC3)cc2)c(C(N)=O)nc1-c1cccc2c1ncn2C. The second-order valence-corrected chi connectivity index (χ2v) is 9.01. The Bertz CT molecular complexity index is 1410. The number of carbonyl (C=O) groups is 1. The van der Waals surface area contributed by atoms with Crippen LogP contribution in [0.4, 0.5) is 23.0 Å². The molecule has 1 atom stereocenters. The van der Waals surface area contributed by atoms with Crippen molar-refractivity contribution >= 4 is 40.0 Å². The normalized spacial score (nSPS) is 14.5. The molecular formula is C26H30N8O3. The summed E-state index contributed by atoms with van der Waals surface area (Å²) in [5, 5.41) is 16.3. The van der Waals surface area contributed by atoms with Crippen LogP contribution >= 0.6 is 0 Å². The first-order valence-corrected chi connectivity index (χ1v) is 12.1. The number of aliphatic hydroxyl groups is 1. The summed E-state index contributed by atoms with van der Waals surface area (Å²) in [5.41, 5.74) is 10.3. The number of anilines is 4. The van der Waals surface area contributed by atoms with Crippen LogP contribution in [0.25, 0.3) is 22.3 Å². The van der Waals surface area contributed by atoms with Gasteiger partial charge in [-0.3, -0.25) is 4.79 Å². The fourth-order valence-electron chi connectivity index (χ4n) is 4.31. The predicted octanol–water partition coefficient (Wildman–Crippen LogP) is 2.50. The van der Waals surface area contributed by atoms with Gasteiger partial charge in [-0.2, -0.15) is 0 Å². The van der Waals surface area contributed by atoms with Crippen molar-refractivity contribution in [2.75, 3.05) is 48.4 Å². The highest BCUT2D eigenvalue weighted by Crippen LogP contribution is 2.33. The molecule has 0 saturated carbocycles. The third-order valence-electron chi connectivity index (χ3n) is 6.21. The molecule has 1 aliphatic heterocycles. The van der Waals surface area contributed by atoms with Gasteiger partial charge in [0.2, 0.25) is 0 Å². The molecular weight excluding hydrogens is 472 g/mol. The average molecular weight is 503 g/mol. The molecule has 192 valence electrons. The van der Waals surface area contributed by atoms with E-state index in [0.29, 0.717) is 35.8 Å². The van der Waals surface area contributed by atoms with Gasteiger partial charge in [-0.1, -0.05) is 12.1 Å². The predicted molar refractivity (Wildman–Crippen MR) is 143 cm³/mol. The Labute approximate surface area is 214 Å². The minimum Gasteiger partial charge on any atom is -0.392 e. The van der Waals surface area contributed by atoms with E-state index in [0.717, 1.165) is 30.0 Å². The maximum atomic E-state index is 12.5. The van der Waals surface area contributed by atoms with Crippen molar-refractivity contribution in [1.29, 1.82) is 0 Å². The van der Waals surface area contributed by atoms with Gasteiger partial charge in [0.05, 0.1) is 36.7 Å². The highest BCUT2D eigenvalue weighted by molar-refractivity contribution is 6.00. The smallest absolute Gasteiger partial charge is 0.271 e. The van der Waals surface area contributed by atoms with Gasteiger partial charge in [-0.15, -0.1) is 0 Å². The standard InChI is InChI=1S/C26H30N8O3/c1-16(35)14-28-25-22(19-4-3-5-20-21(19)29-15-33(20)2)31-23(24(27)36)26(32-25)30-17-6-8-18(9-7-17)34-10-12-37-13-11-34/h3-9,15-16,35H,10-14H2,1-2H3,(H2,27,36)(H2,28,30,32). The number of nitrogens with zero attached hydrogens (tertiary/aromatic N) is 5. The second kappa shape index (κ2) is 10.4. The molecule has 5 N–H and O–H groups in total. The third-order valence-corrected chi connectivity index (χ3v) is 6.21. The highest BCUT2D eigenvalue weighted by atomic mass is 16.5. The van der Waals surface area contributed by atoms with E-state index in [-0.39, 0.29) is 18.1 Å². The van der Waals surface area contributed by atoms with Crippen molar-refractivity contribution in [1.82, 2.24) is 19.5 Å². The summed E-state index contributed by atoms with van der Waals surface area (Å²) in [6.45, 7) is 5.01. The largest absolute Gasteiger partial charge is 0.392 e. The number of nitrogens with two attached hydrogens (primary N) is 1. The topological polar surface area (TPSA) is 143 Å².